The summed E-state index contributed by atoms with van der Waals surface area (Å²) in [6, 6.07) is 10.2. The van der Waals surface area contributed by atoms with Crippen molar-refractivity contribution in [2.75, 3.05) is 12.4 Å². The lowest BCUT2D eigenvalue weighted by molar-refractivity contribution is -0.111. The molecule has 0 aliphatic carbocycles. The molecule has 0 saturated heterocycles. The number of methoxy groups -OCH3 is 1. The normalized spacial score (nSPS) is 10.6. The largest absolute Gasteiger partial charge is 0.465 e. The molecule has 0 aromatic heterocycles. The predicted octanol–water partition coefficient (Wildman–Crippen LogP) is 3.92. The van der Waals surface area contributed by atoms with Crippen molar-refractivity contribution in [2.45, 2.75) is 0 Å². The number of carbonyl (C=O) groups is 2. The Balaban J connectivity index is 2.08. The summed E-state index contributed by atoms with van der Waals surface area (Å²) in [5, 5.41) is 2.84. The summed E-state index contributed by atoms with van der Waals surface area (Å²) in [5.41, 5.74) is 1.26. The zero-order chi connectivity index (χ0) is 16.8. The van der Waals surface area contributed by atoms with E-state index in [4.69, 9.17) is 11.6 Å². The number of anilines is 1. The monoisotopic (exact) mass is 333 g/mol. The van der Waals surface area contributed by atoms with Gasteiger partial charge in [0.15, 0.2) is 0 Å². The van der Waals surface area contributed by atoms with Gasteiger partial charge in [-0.1, -0.05) is 23.7 Å². The second kappa shape index (κ2) is 7.56. The van der Waals surface area contributed by atoms with Crippen molar-refractivity contribution in [3.63, 3.8) is 0 Å². The summed E-state index contributed by atoms with van der Waals surface area (Å²) in [5.74, 6) is -1.33. The minimum Gasteiger partial charge on any atom is -0.465 e. The topological polar surface area (TPSA) is 55.4 Å². The number of hydrogen-bond donors (Lipinski definition) is 1. The van der Waals surface area contributed by atoms with E-state index in [1.165, 1.54) is 37.5 Å². The van der Waals surface area contributed by atoms with Gasteiger partial charge in [-0.25, -0.2) is 9.18 Å². The molecule has 0 bridgehead atoms. The Hall–Kier alpha value is -2.66. The molecular formula is C17H13ClFNO3. The molecule has 2 aromatic carbocycles. The van der Waals surface area contributed by atoms with Gasteiger partial charge in [-0.15, -0.1) is 0 Å². The molecule has 0 fully saturated rings. The van der Waals surface area contributed by atoms with E-state index in [1.807, 2.05) is 0 Å². The minimum atomic E-state index is -0.590. The van der Waals surface area contributed by atoms with E-state index in [0.29, 0.717) is 11.3 Å². The number of halogens is 2. The molecule has 0 aliphatic rings. The first-order valence-electron chi connectivity index (χ1n) is 6.62. The van der Waals surface area contributed by atoms with Gasteiger partial charge in [0.05, 0.1) is 17.7 Å². The van der Waals surface area contributed by atoms with Crippen molar-refractivity contribution in [1.82, 2.24) is 0 Å². The summed E-state index contributed by atoms with van der Waals surface area (Å²) in [6.07, 6.45) is 2.85. The number of esters is 1. The molecule has 0 spiro atoms. The number of amides is 1. The van der Waals surface area contributed by atoms with Crippen LogP contribution in [-0.2, 0) is 9.53 Å². The zero-order valence-corrected chi connectivity index (χ0v) is 12.9. The zero-order valence-electron chi connectivity index (χ0n) is 12.2. The molecule has 2 rings (SSSR count). The lowest BCUT2D eigenvalue weighted by atomic mass is 10.2. The number of rotatable bonds is 4. The molecule has 0 radical (unpaired) electrons. The van der Waals surface area contributed by atoms with Gasteiger partial charge in [0.25, 0.3) is 0 Å². The van der Waals surface area contributed by atoms with Crippen LogP contribution in [0, 0.1) is 5.82 Å². The maximum atomic E-state index is 12.8. The smallest absolute Gasteiger partial charge is 0.339 e. The van der Waals surface area contributed by atoms with Crippen LogP contribution in [0.15, 0.2) is 48.5 Å². The van der Waals surface area contributed by atoms with E-state index in [0.717, 1.165) is 0 Å². The van der Waals surface area contributed by atoms with E-state index in [-0.39, 0.29) is 16.4 Å². The molecule has 4 nitrogen and oxygen atoms in total. The quantitative estimate of drug-likeness (QED) is 0.681. The maximum absolute atomic E-state index is 12.8. The molecular weight excluding hydrogens is 321 g/mol. The van der Waals surface area contributed by atoms with Gasteiger partial charge in [-0.05, 0) is 42.0 Å². The van der Waals surface area contributed by atoms with Crippen molar-refractivity contribution >= 4 is 35.2 Å². The summed E-state index contributed by atoms with van der Waals surface area (Å²) in [7, 11) is 1.25. The highest BCUT2D eigenvalue weighted by Crippen LogP contribution is 2.21. The summed E-state index contributed by atoms with van der Waals surface area (Å²) >= 11 is 5.90. The van der Waals surface area contributed by atoms with Crippen LogP contribution in [-0.4, -0.2) is 19.0 Å². The van der Waals surface area contributed by atoms with E-state index in [9.17, 15) is 14.0 Å². The van der Waals surface area contributed by atoms with E-state index < -0.39 is 11.9 Å². The third-order valence-corrected chi connectivity index (χ3v) is 3.27. The fourth-order valence-electron chi connectivity index (χ4n) is 1.80. The van der Waals surface area contributed by atoms with Crippen LogP contribution in [0.25, 0.3) is 6.08 Å². The molecule has 1 N–H and O–H groups in total. The Labute approximate surface area is 137 Å². The predicted molar refractivity (Wildman–Crippen MR) is 86.9 cm³/mol. The molecule has 6 heteroatoms. The number of hydrogen-bond acceptors (Lipinski definition) is 3. The van der Waals surface area contributed by atoms with Gasteiger partial charge in [0, 0.05) is 11.8 Å². The van der Waals surface area contributed by atoms with Crippen molar-refractivity contribution < 1.29 is 18.7 Å². The highest BCUT2D eigenvalue weighted by Gasteiger charge is 2.11. The van der Waals surface area contributed by atoms with Crippen LogP contribution < -0.4 is 5.32 Å². The number of ether oxygens (including phenoxy) is 1. The average molecular weight is 334 g/mol. The van der Waals surface area contributed by atoms with Crippen LogP contribution in [0.5, 0.6) is 0 Å². The fourth-order valence-corrected chi connectivity index (χ4v) is 1.99. The average Bonchev–Trinajstić information content (AvgIpc) is 2.55. The van der Waals surface area contributed by atoms with E-state index >= 15 is 0 Å². The van der Waals surface area contributed by atoms with Crippen LogP contribution in [0.2, 0.25) is 5.02 Å². The minimum absolute atomic E-state index is 0.162. The Morgan fingerprint density at radius 2 is 1.87 bits per heavy atom. The molecule has 0 heterocycles. The summed E-state index contributed by atoms with van der Waals surface area (Å²) in [4.78, 5) is 23.4. The van der Waals surface area contributed by atoms with Gasteiger partial charge in [-0.2, -0.15) is 0 Å². The first-order chi connectivity index (χ1) is 11.0. The molecule has 118 valence electrons. The van der Waals surface area contributed by atoms with Crippen LogP contribution in [0.4, 0.5) is 10.1 Å². The summed E-state index contributed by atoms with van der Waals surface area (Å²) in [6.45, 7) is 0. The molecule has 23 heavy (non-hydrogen) atoms. The first kappa shape index (κ1) is 16.7. The van der Waals surface area contributed by atoms with Crippen molar-refractivity contribution in [2.24, 2.45) is 0 Å². The number of carbonyl (C=O) groups excluding carboxylic acids is 2. The van der Waals surface area contributed by atoms with Crippen molar-refractivity contribution in [1.29, 1.82) is 0 Å². The third kappa shape index (κ3) is 4.66. The summed E-state index contributed by atoms with van der Waals surface area (Å²) < 4.78 is 17.4. The number of nitrogens with one attached hydrogen (secondary N) is 1. The Morgan fingerprint density at radius 1 is 1.17 bits per heavy atom. The van der Waals surface area contributed by atoms with Crippen LogP contribution >= 0.6 is 11.6 Å². The Bertz CT molecular complexity index is 757. The lowest BCUT2D eigenvalue weighted by Crippen LogP contribution is -2.09. The molecule has 2 aromatic rings. The van der Waals surface area contributed by atoms with E-state index in [2.05, 4.69) is 10.1 Å². The molecule has 1 amide bonds. The molecule has 0 saturated carbocycles. The molecule has 0 unspecified atom stereocenters. The van der Waals surface area contributed by atoms with Gasteiger partial charge >= 0.3 is 5.97 Å². The lowest BCUT2D eigenvalue weighted by Gasteiger charge is -2.06. The standard InChI is InChI=1S/C17H13ClFNO3/c1-23-17(22)14-10-13(7-8-15(14)18)20-16(21)9-4-11-2-5-12(19)6-3-11/h2-10H,1H3,(H,20,21)/b9-4+. The van der Waals surface area contributed by atoms with Crippen molar-refractivity contribution in [3.05, 3.63) is 70.5 Å². The Kier molecular flexibility index (Phi) is 5.49. The van der Waals surface area contributed by atoms with Gasteiger partial charge in [0.2, 0.25) is 5.91 Å². The van der Waals surface area contributed by atoms with Gasteiger partial charge in [0.1, 0.15) is 5.82 Å². The Morgan fingerprint density at radius 3 is 2.52 bits per heavy atom. The number of benzene rings is 2. The van der Waals surface area contributed by atoms with Crippen LogP contribution in [0.3, 0.4) is 0 Å². The SMILES string of the molecule is COC(=O)c1cc(NC(=O)/C=C/c2ccc(F)cc2)ccc1Cl. The third-order valence-electron chi connectivity index (χ3n) is 2.94. The van der Waals surface area contributed by atoms with Crippen molar-refractivity contribution in [3.8, 4) is 0 Å². The first-order valence-corrected chi connectivity index (χ1v) is 7.00. The van der Waals surface area contributed by atoms with Gasteiger partial charge < -0.3 is 10.1 Å². The fraction of sp³-hybridized carbons (Fsp3) is 0.0588. The molecule has 0 atom stereocenters. The highest BCUT2D eigenvalue weighted by atomic mass is 35.5. The van der Waals surface area contributed by atoms with Gasteiger partial charge in [-0.3, -0.25) is 4.79 Å². The second-order valence-electron chi connectivity index (χ2n) is 4.56. The second-order valence-corrected chi connectivity index (χ2v) is 4.97. The maximum Gasteiger partial charge on any atom is 0.339 e. The molecule has 0 aliphatic heterocycles. The van der Waals surface area contributed by atoms with E-state index in [1.54, 1.807) is 24.3 Å². The van der Waals surface area contributed by atoms with Crippen LogP contribution in [0.1, 0.15) is 15.9 Å². The highest BCUT2D eigenvalue weighted by molar-refractivity contribution is 6.33.